The van der Waals surface area contributed by atoms with Gasteiger partial charge >= 0.3 is 0 Å². The second kappa shape index (κ2) is 10.5. The van der Waals surface area contributed by atoms with E-state index in [1.807, 2.05) is 68.4 Å². The molecule has 3 aromatic rings. The maximum Gasteiger partial charge on any atom is 0.239 e. The molecule has 1 aliphatic heterocycles. The summed E-state index contributed by atoms with van der Waals surface area (Å²) in [7, 11) is 1.59. The molecule has 1 saturated heterocycles. The van der Waals surface area contributed by atoms with Crippen molar-refractivity contribution in [1.82, 2.24) is 14.7 Å². The second-order valence-electron chi connectivity index (χ2n) is 8.71. The molecule has 2 N–H and O–H groups in total. The van der Waals surface area contributed by atoms with Gasteiger partial charge in [0.15, 0.2) is 0 Å². The zero-order valence-corrected chi connectivity index (χ0v) is 19.9. The van der Waals surface area contributed by atoms with Crippen molar-refractivity contribution in [2.75, 3.05) is 37.4 Å². The monoisotopic (exact) mass is 461 g/mol. The molecule has 1 fully saturated rings. The van der Waals surface area contributed by atoms with Gasteiger partial charge in [0.2, 0.25) is 11.8 Å². The number of anilines is 2. The van der Waals surface area contributed by atoms with Crippen molar-refractivity contribution >= 4 is 23.3 Å². The molecule has 2 heterocycles. The average Bonchev–Trinajstić information content (AvgIpc) is 3.20. The van der Waals surface area contributed by atoms with E-state index in [2.05, 4.69) is 20.6 Å². The molecule has 0 spiro atoms. The summed E-state index contributed by atoms with van der Waals surface area (Å²) in [5.74, 6) is 1.11. The van der Waals surface area contributed by atoms with Gasteiger partial charge in [0, 0.05) is 12.0 Å². The molecule has 0 aliphatic carbocycles. The smallest absolute Gasteiger partial charge is 0.239 e. The van der Waals surface area contributed by atoms with Crippen molar-refractivity contribution in [3.63, 3.8) is 0 Å². The number of aryl methyl sites for hydroxylation is 2. The van der Waals surface area contributed by atoms with Gasteiger partial charge in [-0.25, -0.2) is 4.68 Å². The van der Waals surface area contributed by atoms with E-state index in [1.165, 1.54) is 5.56 Å². The number of likely N-dealkylation sites (tertiary alicyclic amines) is 1. The van der Waals surface area contributed by atoms with Crippen LogP contribution >= 0.6 is 0 Å². The number of amides is 2. The van der Waals surface area contributed by atoms with Crippen LogP contribution in [0.25, 0.3) is 5.69 Å². The molecule has 1 aliphatic rings. The van der Waals surface area contributed by atoms with E-state index in [9.17, 15) is 9.59 Å². The summed E-state index contributed by atoms with van der Waals surface area (Å²) in [6.07, 6.45) is 1.41. The Bertz CT molecular complexity index is 1150. The van der Waals surface area contributed by atoms with Gasteiger partial charge in [0.05, 0.1) is 30.7 Å². The van der Waals surface area contributed by atoms with Crippen LogP contribution in [0.3, 0.4) is 0 Å². The molecule has 0 radical (unpaired) electrons. The fourth-order valence-electron chi connectivity index (χ4n) is 4.19. The van der Waals surface area contributed by atoms with E-state index < -0.39 is 0 Å². The summed E-state index contributed by atoms with van der Waals surface area (Å²) >= 11 is 0. The van der Waals surface area contributed by atoms with E-state index in [4.69, 9.17) is 4.74 Å². The summed E-state index contributed by atoms with van der Waals surface area (Å²) < 4.78 is 7.06. The van der Waals surface area contributed by atoms with Crippen LogP contribution in [0.15, 0.2) is 54.6 Å². The molecule has 0 saturated carbocycles. The highest BCUT2D eigenvalue weighted by molar-refractivity contribution is 5.94. The van der Waals surface area contributed by atoms with Gasteiger partial charge in [0.1, 0.15) is 11.6 Å². The number of nitrogens with zero attached hydrogens (tertiary/aromatic N) is 3. The Morgan fingerprint density at radius 1 is 1.03 bits per heavy atom. The van der Waals surface area contributed by atoms with E-state index in [-0.39, 0.29) is 24.3 Å². The molecule has 4 rings (SSSR count). The first-order chi connectivity index (χ1) is 16.4. The number of hydrogen-bond donors (Lipinski definition) is 2. The Hall–Kier alpha value is -3.65. The quantitative estimate of drug-likeness (QED) is 0.559. The number of ether oxygens (including phenoxy) is 1. The van der Waals surface area contributed by atoms with Gasteiger partial charge in [-0.2, -0.15) is 5.10 Å². The molecular formula is C26H31N5O3. The molecule has 2 amide bonds. The largest absolute Gasteiger partial charge is 0.495 e. The minimum Gasteiger partial charge on any atom is -0.495 e. The molecule has 0 bridgehead atoms. The molecular weight excluding hydrogens is 430 g/mol. The summed E-state index contributed by atoms with van der Waals surface area (Å²) in [5, 5.41) is 10.5. The predicted molar refractivity (Wildman–Crippen MR) is 132 cm³/mol. The number of carbonyl (C=O) groups is 2. The highest BCUT2D eigenvalue weighted by atomic mass is 16.5. The lowest BCUT2D eigenvalue weighted by atomic mass is 9.95. The van der Waals surface area contributed by atoms with Gasteiger partial charge in [0.25, 0.3) is 0 Å². The number of hydrogen-bond acceptors (Lipinski definition) is 5. The van der Waals surface area contributed by atoms with Crippen LogP contribution in [-0.2, 0) is 9.59 Å². The first-order valence-corrected chi connectivity index (χ1v) is 11.5. The fraction of sp³-hybridized carbons (Fsp3) is 0.346. The van der Waals surface area contributed by atoms with E-state index >= 15 is 0 Å². The minimum atomic E-state index is -0.0924. The highest BCUT2D eigenvalue weighted by Gasteiger charge is 2.26. The number of nitrogens with one attached hydrogen (secondary N) is 2. The molecule has 0 atom stereocenters. The average molecular weight is 462 g/mol. The predicted octanol–water partition coefficient (Wildman–Crippen LogP) is 3.79. The first-order valence-electron chi connectivity index (χ1n) is 11.5. The number of para-hydroxylation sites is 2. The third-order valence-electron chi connectivity index (χ3n) is 6.07. The third-order valence-corrected chi connectivity index (χ3v) is 6.07. The summed E-state index contributed by atoms with van der Waals surface area (Å²) in [6, 6.07) is 17.3. The van der Waals surface area contributed by atoms with Gasteiger partial charge in [-0.1, -0.05) is 29.8 Å². The van der Waals surface area contributed by atoms with Crippen molar-refractivity contribution < 1.29 is 14.3 Å². The van der Waals surface area contributed by atoms with Crippen LogP contribution in [0.4, 0.5) is 11.5 Å². The molecule has 34 heavy (non-hydrogen) atoms. The van der Waals surface area contributed by atoms with Crippen molar-refractivity contribution in [2.45, 2.75) is 26.7 Å². The van der Waals surface area contributed by atoms with Crippen molar-refractivity contribution in [1.29, 1.82) is 0 Å². The van der Waals surface area contributed by atoms with Crippen LogP contribution in [0.2, 0.25) is 0 Å². The second-order valence-corrected chi connectivity index (χ2v) is 8.71. The molecule has 8 nitrogen and oxygen atoms in total. The van der Waals surface area contributed by atoms with Crippen molar-refractivity contribution in [3.8, 4) is 11.4 Å². The number of aromatic nitrogens is 2. The van der Waals surface area contributed by atoms with Crippen LogP contribution in [0, 0.1) is 19.8 Å². The lowest BCUT2D eigenvalue weighted by molar-refractivity contribution is -0.121. The summed E-state index contributed by atoms with van der Waals surface area (Å²) in [6.45, 7) is 5.59. The lowest BCUT2D eigenvalue weighted by Crippen LogP contribution is -2.42. The number of methoxy groups -OCH3 is 1. The molecule has 8 heteroatoms. The van der Waals surface area contributed by atoms with Crippen LogP contribution < -0.4 is 15.4 Å². The topological polar surface area (TPSA) is 88.5 Å². The third kappa shape index (κ3) is 5.63. The van der Waals surface area contributed by atoms with Crippen molar-refractivity contribution in [2.24, 2.45) is 5.92 Å². The Labute approximate surface area is 199 Å². The number of benzene rings is 2. The lowest BCUT2D eigenvalue weighted by Gasteiger charge is -2.30. The number of rotatable bonds is 7. The van der Waals surface area contributed by atoms with Gasteiger partial charge in [-0.3, -0.25) is 14.5 Å². The Kier molecular flexibility index (Phi) is 7.27. The number of carbonyl (C=O) groups excluding carboxylic acids is 2. The number of piperidine rings is 1. The Morgan fingerprint density at radius 3 is 2.44 bits per heavy atom. The van der Waals surface area contributed by atoms with Crippen LogP contribution in [0.1, 0.15) is 24.1 Å². The highest BCUT2D eigenvalue weighted by Crippen LogP contribution is 2.26. The summed E-state index contributed by atoms with van der Waals surface area (Å²) in [4.78, 5) is 27.6. The Balaban J connectivity index is 1.30. The SMILES string of the molecule is COc1ccccc1NC(=O)C1CCN(CC(=O)Nc2cc(C)nn2-c2ccc(C)cc2)CC1. The van der Waals surface area contributed by atoms with Crippen LogP contribution in [-0.4, -0.2) is 53.2 Å². The van der Waals surface area contributed by atoms with E-state index in [1.54, 1.807) is 11.8 Å². The molecule has 2 aromatic carbocycles. The zero-order valence-electron chi connectivity index (χ0n) is 19.9. The molecule has 0 unspecified atom stereocenters. The van der Waals surface area contributed by atoms with Gasteiger partial charge < -0.3 is 15.4 Å². The maximum absolute atomic E-state index is 12.8. The fourth-order valence-corrected chi connectivity index (χ4v) is 4.19. The molecule has 178 valence electrons. The Morgan fingerprint density at radius 2 is 1.74 bits per heavy atom. The molecule has 1 aromatic heterocycles. The van der Waals surface area contributed by atoms with Gasteiger partial charge in [-0.15, -0.1) is 0 Å². The normalized spacial score (nSPS) is 14.6. The first kappa shape index (κ1) is 23.5. The van der Waals surface area contributed by atoms with E-state index in [0.29, 0.717) is 43.2 Å². The minimum absolute atomic E-state index is 0.00826. The zero-order chi connectivity index (χ0) is 24.1. The summed E-state index contributed by atoms with van der Waals surface area (Å²) in [5.41, 5.74) is 3.57. The maximum atomic E-state index is 12.8. The van der Waals surface area contributed by atoms with Crippen LogP contribution in [0.5, 0.6) is 5.75 Å². The van der Waals surface area contributed by atoms with E-state index in [0.717, 1.165) is 11.4 Å². The van der Waals surface area contributed by atoms with Gasteiger partial charge in [-0.05, 0) is 64.0 Å². The van der Waals surface area contributed by atoms with Crippen molar-refractivity contribution in [3.05, 3.63) is 65.9 Å². The standard InChI is InChI=1S/C26H31N5O3/c1-18-8-10-21(11-9-18)31-24(16-19(2)29-31)28-25(32)17-30-14-12-20(13-15-30)26(33)27-22-6-4-5-7-23(22)34-3/h4-11,16,20H,12-15,17H2,1-3H3,(H,27,33)(H,28,32).